The van der Waals surface area contributed by atoms with E-state index in [9.17, 15) is 0 Å². The van der Waals surface area contributed by atoms with Crippen molar-refractivity contribution in [2.75, 3.05) is 26.7 Å². The summed E-state index contributed by atoms with van der Waals surface area (Å²) in [5.41, 5.74) is 0.430. The van der Waals surface area contributed by atoms with Crippen LogP contribution in [0, 0.1) is 5.41 Å². The third-order valence-corrected chi connectivity index (χ3v) is 3.01. The summed E-state index contributed by atoms with van der Waals surface area (Å²) in [6.45, 7) is 14.7. The molecule has 0 spiro atoms. The van der Waals surface area contributed by atoms with Crippen molar-refractivity contribution in [3.8, 4) is 0 Å². The third kappa shape index (κ3) is 6.39. The van der Waals surface area contributed by atoms with Crippen LogP contribution in [0.4, 0.5) is 0 Å². The maximum absolute atomic E-state index is 3.60. The van der Waals surface area contributed by atoms with Crippen LogP contribution in [0.25, 0.3) is 0 Å². The predicted molar refractivity (Wildman–Crippen MR) is 64.7 cm³/mol. The summed E-state index contributed by atoms with van der Waals surface area (Å²) < 4.78 is 0. The van der Waals surface area contributed by atoms with E-state index >= 15 is 0 Å². The largest absolute Gasteiger partial charge is 0.312 e. The molecule has 0 aliphatic heterocycles. The highest BCUT2D eigenvalue weighted by Gasteiger charge is 2.15. The van der Waals surface area contributed by atoms with E-state index in [0.29, 0.717) is 11.5 Å². The molecule has 0 aromatic heterocycles. The second-order valence-corrected chi connectivity index (χ2v) is 5.15. The molecule has 1 unspecified atom stereocenters. The molecule has 0 saturated carbocycles. The lowest BCUT2D eigenvalue weighted by Crippen LogP contribution is -2.41. The lowest BCUT2D eigenvalue weighted by Gasteiger charge is -2.27. The van der Waals surface area contributed by atoms with E-state index in [1.807, 2.05) is 0 Å². The molecule has 0 aromatic rings. The molecule has 86 valence electrons. The maximum atomic E-state index is 3.60. The monoisotopic (exact) mass is 200 g/mol. The second-order valence-electron chi connectivity index (χ2n) is 5.15. The number of hydrogen-bond donors (Lipinski definition) is 1. The number of hydrogen-bond acceptors (Lipinski definition) is 2. The van der Waals surface area contributed by atoms with E-state index in [2.05, 4.69) is 51.9 Å². The minimum Gasteiger partial charge on any atom is -0.312 e. The fraction of sp³-hybridized carbons (Fsp3) is 1.00. The molecule has 0 amide bonds. The van der Waals surface area contributed by atoms with Crippen LogP contribution in [-0.2, 0) is 0 Å². The van der Waals surface area contributed by atoms with Gasteiger partial charge < -0.3 is 10.2 Å². The van der Waals surface area contributed by atoms with Gasteiger partial charge in [0.25, 0.3) is 0 Å². The van der Waals surface area contributed by atoms with Gasteiger partial charge in [-0.15, -0.1) is 0 Å². The van der Waals surface area contributed by atoms with Gasteiger partial charge >= 0.3 is 0 Å². The Balaban J connectivity index is 3.68. The molecule has 14 heavy (non-hydrogen) atoms. The van der Waals surface area contributed by atoms with Crippen molar-refractivity contribution in [3.63, 3.8) is 0 Å². The van der Waals surface area contributed by atoms with Crippen molar-refractivity contribution in [2.24, 2.45) is 5.41 Å². The van der Waals surface area contributed by atoms with Gasteiger partial charge in [-0.2, -0.15) is 0 Å². The molecule has 0 rings (SSSR count). The Morgan fingerprint density at radius 1 is 1.29 bits per heavy atom. The van der Waals surface area contributed by atoms with Crippen LogP contribution in [0.15, 0.2) is 0 Å². The number of likely N-dealkylation sites (N-methyl/N-ethyl adjacent to an activating group) is 1. The zero-order valence-corrected chi connectivity index (χ0v) is 10.9. The van der Waals surface area contributed by atoms with E-state index in [1.54, 1.807) is 0 Å². The lowest BCUT2D eigenvalue weighted by atomic mass is 9.90. The van der Waals surface area contributed by atoms with Crippen molar-refractivity contribution in [1.29, 1.82) is 0 Å². The maximum Gasteiger partial charge on any atom is 0.0166 e. The first kappa shape index (κ1) is 13.9. The quantitative estimate of drug-likeness (QED) is 0.678. The Kier molecular flexibility index (Phi) is 6.38. The zero-order valence-electron chi connectivity index (χ0n) is 10.9. The first-order valence-corrected chi connectivity index (χ1v) is 5.83. The van der Waals surface area contributed by atoms with Gasteiger partial charge in [-0.25, -0.2) is 0 Å². The first-order valence-electron chi connectivity index (χ1n) is 5.83. The second kappa shape index (κ2) is 6.41. The Labute approximate surface area is 90.1 Å². The highest BCUT2D eigenvalue weighted by Crippen LogP contribution is 2.17. The van der Waals surface area contributed by atoms with Gasteiger partial charge in [-0.3, -0.25) is 0 Å². The van der Waals surface area contributed by atoms with Crippen LogP contribution < -0.4 is 5.32 Å². The van der Waals surface area contributed by atoms with Gasteiger partial charge in [-0.1, -0.05) is 27.7 Å². The summed E-state index contributed by atoms with van der Waals surface area (Å²) in [5, 5.41) is 3.60. The summed E-state index contributed by atoms with van der Waals surface area (Å²) in [4.78, 5) is 2.34. The van der Waals surface area contributed by atoms with E-state index in [0.717, 1.165) is 19.6 Å². The SMILES string of the molecule is CCN(C)CC(C)NCC(C)(C)CC. The Hall–Kier alpha value is -0.0800. The van der Waals surface area contributed by atoms with Crippen molar-refractivity contribution in [2.45, 2.75) is 47.1 Å². The molecule has 1 atom stereocenters. The number of nitrogens with one attached hydrogen (secondary N) is 1. The van der Waals surface area contributed by atoms with Gasteiger partial charge in [0.15, 0.2) is 0 Å². The molecule has 0 fully saturated rings. The predicted octanol–water partition coefficient (Wildman–Crippen LogP) is 2.35. The van der Waals surface area contributed by atoms with Crippen molar-refractivity contribution in [3.05, 3.63) is 0 Å². The third-order valence-electron chi connectivity index (χ3n) is 3.01. The van der Waals surface area contributed by atoms with Gasteiger partial charge in [0, 0.05) is 19.1 Å². The van der Waals surface area contributed by atoms with Gasteiger partial charge in [0.1, 0.15) is 0 Å². The van der Waals surface area contributed by atoms with Crippen molar-refractivity contribution in [1.82, 2.24) is 10.2 Å². The standard InChI is InChI=1S/C12H28N2/c1-7-12(4,5)10-13-11(3)9-14(6)8-2/h11,13H,7-10H2,1-6H3. The van der Waals surface area contributed by atoms with E-state index in [-0.39, 0.29) is 0 Å². The number of rotatable bonds is 7. The van der Waals surface area contributed by atoms with Gasteiger partial charge in [-0.05, 0) is 32.4 Å². The molecular formula is C12H28N2. The van der Waals surface area contributed by atoms with Gasteiger partial charge in [0.2, 0.25) is 0 Å². The molecule has 0 heterocycles. The molecule has 0 aliphatic rings. The molecule has 0 saturated heterocycles. The van der Waals surface area contributed by atoms with Crippen LogP contribution in [0.2, 0.25) is 0 Å². The molecule has 1 N–H and O–H groups in total. The van der Waals surface area contributed by atoms with E-state index < -0.39 is 0 Å². The molecule has 2 nitrogen and oxygen atoms in total. The molecule has 0 aliphatic carbocycles. The minimum absolute atomic E-state index is 0.430. The van der Waals surface area contributed by atoms with Gasteiger partial charge in [0.05, 0.1) is 0 Å². The van der Waals surface area contributed by atoms with Crippen LogP contribution in [0.1, 0.15) is 41.0 Å². The summed E-state index contributed by atoms with van der Waals surface area (Å²) in [6, 6.07) is 0.589. The van der Waals surface area contributed by atoms with Crippen LogP contribution in [0.3, 0.4) is 0 Å². The summed E-state index contributed by atoms with van der Waals surface area (Å²) >= 11 is 0. The highest BCUT2D eigenvalue weighted by atomic mass is 15.1. The topological polar surface area (TPSA) is 15.3 Å². The van der Waals surface area contributed by atoms with Crippen LogP contribution in [-0.4, -0.2) is 37.6 Å². The molecule has 0 bridgehead atoms. The van der Waals surface area contributed by atoms with Crippen LogP contribution >= 0.6 is 0 Å². The normalized spacial score (nSPS) is 14.8. The average molecular weight is 200 g/mol. The smallest absolute Gasteiger partial charge is 0.0166 e. The van der Waals surface area contributed by atoms with Crippen molar-refractivity contribution < 1.29 is 0 Å². The fourth-order valence-corrected chi connectivity index (χ4v) is 1.24. The molecular weight excluding hydrogens is 172 g/mol. The molecule has 2 heteroatoms. The Morgan fingerprint density at radius 2 is 1.86 bits per heavy atom. The lowest BCUT2D eigenvalue weighted by molar-refractivity contribution is 0.269. The Morgan fingerprint density at radius 3 is 2.29 bits per heavy atom. The Bertz CT molecular complexity index is 143. The fourth-order valence-electron chi connectivity index (χ4n) is 1.24. The molecule has 0 radical (unpaired) electrons. The van der Waals surface area contributed by atoms with Crippen LogP contribution in [0.5, 0.6) is 0 Å². The van der Waals surface area contributed by atoms with E-state index in [4.69, 9.17) is 0 Å². The zero-order chi connectivity index (χ0) is 11.2. The first-order chi connectivity index (χ1) is 6.41. The van der Waals surface area contributed by atoms with E-state index in [1.165, 1.54) is 6.42 Å². The number of nitrogens with zero attached hydrogens (tertiary/aromatic N) is 1. The molecule has 0 aromatic carbocycles. The summed E-state index contributed by atoms with van der Waals surface area (Å²) in [5.74, 6) is 0. The summed E-state index contributed by atoms with van der Waals surface area (Å²) in [6.07, 6.45) is 1.23. The minimum atomic E-state index is 0.430. The highest BCUT2D eigenvalue weighted by molar-refractivity contribution is 4.73. The summed E-state index contributed by atoms with van der Waals surface area (Å²) in [7, 11) is 2.17. The average Bonchev–Trinajstić information content (AvgIpc) is 2.15. The van der Waals surface area contributed by atoms with Crippen molar-refractivity contribution >= 4 is 0 Å².